The van der Waals surface area contributed by atoms with Crippen LogP contribution in [0, 0.1) is 5.82 Å². The van der Waals surface area contributed by atoms with Crippen molar-refractivity contribution in [2.45, 2.75) is 25.4 Å². The fourth-order valence-corrected chi connectivity index (χ4v) is 5.20. The molecule has 0 spiro atoms. The number of halogens is 1. The van der Waals surface area contributed by atoms with Gasteiger partial charge in [0, 0.05) is 23.2 Å². The lowest BCUT2D eigenvalue weighted by Crippen LogP contribution is -2.50. The Morgan fingerprint density at radius 2 is 1.88 bits per heavy atom. The second-order valence-electron chi connectivity index (χ2n) is 8.87. The van der Waals surface area contributed by atoms with Crippen LogP contribution in [-0.2, 0) is 23.3 Å². The number of fused-ring (bicyclic) bond motifs is 1. The van der Waals surface area contributed by atoms with Crippen LogP contribution in [0.4, 0.5) is 15.8 Å². The SMILES string of the molecule is COc1ccc2c(c1)[C@](C)(NC(=O)c1cc3cccc4c3n1CC4)C(=O)N2c1ccc(F)cc1. The zero-order valence-electron chi connectivity index (χ0n) is 18.8. The zero-order valence-corrected chi connectivity index (χ0v) is 18.8. The summed E-state index contributed by atoms with van der Waals surface area (Å²) in [5, 5.41) is 4.03. The van der Waals surface area contributed by atoms with Crippen LogP contribution in [-0.4, -0.2) is 23.5 Å². The molecule has 1 atom stereocenters. The van der Waals surface area contributed by atoms with Crippen molar-refractivity contribution in [2.75, 3.05) is 12.0 Å². The fraction of sp³-hybridized carbons (Fsp3) is 0.185. The maximum Gasteiger partial charge on any atom is 0.269 e. The van der Waals surface area contributed by atoms with E-state index in [9.17, 15) is 14.0 Å². The number of nitrogens with zero attached hydrogens (tertiary/aromatic N) is 2. The Kier molecular flexibility index (Phi) is 4.33. The molecule has 170 valence electrons. The maximum absolute atomic E-state index is 13.8. The first-order chi connectivity index (χ1) is 16.4. The van der Waals surface area contributed by atoms with E-state index in [0.29, 0.717) is 28.4 Å². The Morgan fingerprint density at radius 1 is 1.09 bits per heavy atom. The molecule has 6 nitrogen and oxygen atoms in total. The van der Waals surface area contributed by atoms with Crippen LogP contribution in [0.1, 0.15) is 28.5 Å². The van der Waals surface area contributed by atoms with Crippen LogP contribution in [0.3, 0.4) is 0 Å². The molecule has 0 radical (unpaired) electrons. The predicted octanol–water partition coefficient (Wildman–Crippen LogP) is 4.67. The van der Waals surface area contributed by atoms with Gasteiger partial charge in [0.2, 0.25) is 0 Å². The van der Waals surface area contributed by atoms with Gasteiger partial charge in [-0.05, 0) is 67.4 Å². The van der Waals surface area contributed by atoms with Crippen molar-refractivity contribution in [1.82, 2.24) is 9.88 Å². The van der Waals surface area contributed by atoms with Crippen molar-refractivity contribution in [3.8, 4) is 5.75 Å². The number of carbonyl (C=O) groups is 2. The summed E-state index contributed by atoms with van der Waals surface area (Å²) in [6.45, 7) is 2.43. The molecule has 0 aliphatic carbocycles. The number of ether oxygens (including phenoxy) is 1. The number of rotatable bonds is 4. The quantitative estimate of drug-likeness (QED) is 0.487. The molecule has 0 saturated carbocycles. The van der Waals surface area contributed by atoms with Gasteiger partial charge in [-0.25, -0.2) is 4.39 Å². The fourth-order valence-electron chi connectivity index (χ4n) is 5.20. The van der Waals surface area contributed by atoms with Gasteiger partial charge in [-0.3, -0.25) is 14.5 Å². The number of hydrogen-bond acceptors (Lipinski definition) is 3. The van der Waals surface area contributed by atoms with Crippen molar-refractivity contribution in [2.24, 2.45) is 0 Å². The lowest BCUT2D eigenvalue weighted by Gasteiger charge is -2.26. The van der Waals surface area contributed by atoms with E-state index in [1.54, 1.807) is 44.4 Å². The lowest BCUT2D eigenvalue weighted by molar-refractivity contribution is -0.122. The molecule has 34 heavy (non-hydrogen) atoms. The van der Waals surface area contributed by atoms with Crippen molar-refractivity contribution >= 4 is 34.1 Å². The standard InChI is InChI=1S/C27H22FN3O3/c1-27(29-25(32)23-14-17-5-3-4-16-12-13-30(23)24(16)17)21-15-20(34-2)10-11-22(21)31(26(27)33)19-8-6-18(28)7-9-19/h3-11,14-15H,12-13H2,1-2H3,(H,29,32)/t27-/m0/s1. The van der Waals surface area contributed by atoms with E-state index in [1.807, 2.05) is 22.8 Å². The first-order valence-corrected chi connectivity index (χ1v) is 11.1. The molecule has 2 aliphatic rings. The maximum atomic E-state index is 13.8. The second-order valence-corrected chi connectivity index (χ2v) is 8.87. The van der Waals surface area contributed by atoms with Crippen LogP contribution in [0.25, 0.3) is 10.9 Å². The average molecular weight is 455 g/mol. The largest absolute Gasteiger partial charge is 0.497 e. The van der Waals surface area contributed by atoms with Gasteiger partial charge in [-0.1, -0.05) is 18.2 Å². The first-order valence-electron chi connectivity index (χ1n) is 11.1. The Hall–Kier alpha value is -4.13. The molecule has 1 aromatic heterocycles. The van der Waals surface area contributed by atoms with Crippen LogP contribution in [0.15, 0.2) is 66.7 Å². The Labute approximate surface area is 195 Å². The minimum Gasteiger partial charge on any atom is -0.497 e. The van der Waals surface area contributed by atoms with Crippen molar-refractivity contribution in [3.05, 3.63) is 89.4 Å². The van der Waals surface area contributed by atoms with Crippen LogP contribution < -0.4 is 15.0 Å². The smallest absolute Gasteiger partial charge is 0.269 e. The summed E-state index contributed by atoms with van der Waals surface area (Å²) in [7, 11) is 1.55. The number of para-hydroxylation sites is 1. The summed E-state index contributed by atoms with van der Waals surface area (Å²) in [6, 6.07) is 19.0. The summed E-state index contributed by atoms with van der Waals surface area (Å²) in [4.78, 5) is 28.9. The van der Waals surface area contributed by atoms with Gasteiger partial charge in [0.15, 0.2) is 0 Å². The number of hydrogen-bond donors (Lipinski definition) is 1. The molecule has 2 amide bonds. The van der Waals surface area contributed by atoms with E-state index in [1.165, 1.54) is 22.6 Å². The van der Waals surface area contributed by atoms with E-state index in [0.717, 1.165) is 23.9 Å². The monoisotopic (exact) mass is 455 g/mol. The van der Waals surface area contributed by atoms with Crippen molar-refractivity contribution in [1.29, 1.82) is 0 Å². The number of nitrogens with one attached hydrogen (secondary N) is 1. The highest BCUT2D eigenvalue weighted by atomic mass is 19.1. The van der Waals surface area contributed by atoms with Crippen LogP contribution >= 0.6 is 0 Å². The molecule has 4 aromatic rings. The van der Waals surface area contributed by atoms with Gasteiger partial charge in [-0.15, -0.1) is 0 Å². The van der Waals surface area contributed by atoms with E-state index in [4.69, 9.17) is 4.74 Å². The predicted molar refractivity (Wildman–Crippen MR) is 127 cm³/mol. The second kappa shape index (κ2) is 7.18. The van der Waals surface area contributed by atoms with E-state index in [2.05, 4.69) is 11.4 Å². The lowest BCUT2D eigenvalue weighted by atomic mass is 9.93. The van der Waals surface area contributed by atoms with Gasteiger partial charge in [0.05, 0.1) is 18.3 Å². The molecule has 2 aliphatic heterocycles. The zero-order chi connectivity index (χ0) is 23.6. The van der Waals surface area contributed by atoms with E-state index in [-0.39, 0.29) is 17.6 Å². The minimum atomic E-state index is -1.34. The Balaban J connectivity index is 1.44. The number of aryl methyl sites for hydroxylation is 2. The topological polar surface area (TPSA) is 63.6 Å². The van der Waals surface area contributed by atoms with Gasteiger partial charge in [0.1, 0.15) is 22.8 Å². The molecule has 0 bridgehead atoms. The molecule has 3 heterocycles. The molecule has 6 rings (SSSR count). The highest BCUT2D eigenvalue weighted by Crippen LogP contribution is 2.46. The summed E-state index contributed by atoms with van der Waals surface area (Å²) >= 11 is 0. The molecule has 3 aromatic carbocycles. The molecule has 7 heteroatoms. The number of amides is 2. The number of aromatic nitrogens is 1. The molecule has 0 unspecified atom stereocenters. The van der Waals surface area contributed by atoms with Gasteiger partial charge in [-0.2, -0.15) is 0 Å². The summed E-state index contributed by atoms with van der Waals surface area (Å²) in [5.74, 6) is -0.465. The minimum absolute atomic E-state index is 0.324. The Bertz CT molecular complexity index is 1490. The van der Waals surface area contributed by atoms with E-state index >= 15 is 0 Å². The van der Waals surface area contributed by atoms with Crippen molar-refractivity contribution < 1.29 is 18.7 Å². The first kappa shape index (κ1) is 20.5. The normalized spacial score (nSPS) is 18.4. The van der Waals surface area contributed by atoms with Crippen molar-refractivity contribution in [3.63, 3.8) is 0 Å². The third-order valence-corrected chi connectivity index (χ3v) is 6.90. The molecule has 1 N–H and O–H groups in total. The van der Waals surface area contributed by atoms with Gasteiger partial charge < -0.3 is 14.6 Å². The number of anilines is 2. The number of methoxy groups -OCH3 is 1. The summed E-state index contributed by atoms with van der Waals surface area (Å²) < 4.78 is 21.0. The summed E-state index contributed by atoms with van der Waals surface area (Å²) in [5.41, 5.74) is 3.24. The highest BCUT2D eigenvalue weighted by Gasteiger charge is 2.49. The van der Waals surface area contributed by atoms with Crippen LogP contribution in [0.2, 0.25) is 0 Å². The molecular formula is C27H22FN3O3. The average Bonchev–Trinajstić information content (AvgIpc) is 3.50. The molecular weight excluding hydrogens is 433 g/mol. The number of benzene rings is 3. The van der Waals surface area contributed by atoms with Crippen LogP contribution in [0.5, 0.6) is 5.75 Å². The highest BCUT2D eigenvalue weighted by molar-refractivity contribution is 6.15. The van der Waals surface area contributed by atoms with Gasteiger partial charge >= 0.3 is 0 Å². The third-order valence-electron chi connectivity index (χ3n) is 6.90. The summed E-state index contributed by atoms with van der Waals surface area (Å²) in [6.07, 6.45) is 0.877. The molecule has 0 fully saturated rings. The third kappa shape index (κ3) is 2.79. The number of carbonyl (C=O) groups excluding carboxylic acids is 2. The van der Waals surface area contributed by atoms with E-state index < -0.39 is 5.54 Å². The van der Waals surface area contributed by atoms with Gasteiger partial charge in [0.25, 0.3) is 11.8 Å². The Morgan fingerprint density at radius 3 is 2.65 bits per heavy atom. The molecule has 0 saturated heterocycles.